The molecule has 1 heterocycles. The number of rotatable bonds is 15. The number of fused-ring (bicyclic) bond motifs is 2. The first-order chi connectivity index (χ1) is 27.3. The van der Waals surface area contributed by atoms with Crippen molar-refractivity contribution in [3.05, 3.63) is 162 Å². The molecule has 0 aromatic heterocycles. The Labute approximate surface area is 329 Å². The molecule has 0 radical (unpaired) electrons. The van der Waals surface area contributed by atoms with Gasteiger partial charge in [0.2, 0.25) is 0 Å². The monoisotopic (exact) mass is 753 g/mol. The van der Waals surface area contributed by atoms with Crippen molar-refractivity contribution in [2.75, 3.05) is 26.3 Å². The minimum absolute atomic E-state index is 0.185. The normalized spacial score (nSPS) is 17.5. The second-order valence-electron chi connectivity index (χ2n) is 15.3. The number of hydroxylamine groups is 2. The van der Waals surface area contributed by atoms with E-state index in [1.54, 1.807) is 5.06 Å². The highest BCUT2D eigenvalue weighted by Crippen LogP contribution is 2.35. The molecule has 0 N–H and O–H groups in total. The number of ether oxygens (including phenoxy) is 5. The number of benzene rings is 6. The molecule has 6 aromatic rings. The summed E-state index contributed by atoms with van der Waals surface area (Å²) in [6.45, 7) is 8.60. The summed E-state index contributed by atoms with van der Waals surface area (Å²) in [4.78, 5) is 18.8. The SMILES string of the molecule is CC(C)(C)OC(=O)ON1C[C@H](OCc2ccc3ccccc3c2)C(c2ccc(OCCCOCc3ccccc3)cc2)[C@H](OCc2ccc3ccccc3c2)C1. The predicted octanol–water partition coefficient (Wildman–Crippen LogP) is 10.4. The Morgan fingerprint density at radius 3 is 1.73 bits per heavy atom. The first-order valence-corrected chi connectivity index (χ1v) is 19.4. The van der Waals surface area contributed by atoms with Crippen molar-refractivity contribution in [1.82, 2.24) is 5.06 Å². The Bertz CT molecular complexity index is 2070. The number of piperidine rings is 1. The van der Waals surface area contributed by atoms with Crippen LogP contribution in [0.15, 0.2) is 140 Å². The lowest BCUT2D eigenvalue weighted by Crippen LogP contribution is -2.53. The van der Waals surface area contributed by atoms with Crippen LogP contribution in [-0.2, 0) is 43.6 Å². The number of carbonyl (C=O) groups is 1. The summed E-state index contributed by atoms with van der Waals surface area (Å²) in [6.07, 6.45) is -0.773. The quantitative estimate of drug-likeness (QED) is 0.0758. The molecule has 7 rings (SSSR count). The van der Waals surface area contributed by atoms with Crippen LogP contribution in [0.2, 0.25) is 0 Å². The van der Waals surface area contributed by atoms with E-state index >= 15 is 0 Å². The molecule has 0 saturated carbocycles. The van der Waals surface area contributed by atoms with Crippen LogP contribution in [0.1, 0.15) is 55.4 Å². The fourth-order valence-corrected chi connectivity index (χ4v) is 7.10. The molecule has 8 nitrogen and oxygen atoms in total. The van der Waals surface area contributed by atoms with Crippen molar-refractivity contribution in [3.63, 3.8) is 0 Å². The standard InChI is InChI=1S/C48H51NO7/c1-48(2,3)55-47(50)56-49-30-44(53-33-36-18-20-38-14-7-9-16-41(38)28-36)46(45(31-49)54-34-37-19-21-39-15-8-10-17-42(39)29-37)40-22-24-43(25-23-40)52-27-11-26-51-32-35-12-5-4-6-13-35/h4-10,12-25,28-29,44-46H,11,26-27,30-34H2,1-3H3/t44-,45+,46?. The van der Waals surface area contributed by atoms with Crippen LogP contribution in [0.3, 0.4) is 0 Å². The van der Waals surface area contributed by atoms with Crippen molar-refractivity contribution < 1.29 is 33.3 Å². The van der Waals surface area contributed by atoms with Crippen LogP contribution < -0.4 is 4.74 Å². The first kappa shape index (κ1) is 39.0. The molecule has 1 fully saturated rings. The van der Waals surface area contributed by atoms with Gasteiger partial charge in [0, 0.05) is 12.3 Å². The molecule has 0 aliphatic carbocycles. The third kappa shape index (κ3) is 11.0. The van der Waals surface area contributed by atoms with E-state index in [1.807, 2.05) is 75.4 Å². The molecule has 1 aliphatic heterocycles. The fraction of sp³-hybridized carbons (Fsp3) is 0.312. The summed E-state index contributed by atoms with van der Waals surface area (Å²) >= 11 is 0. The molecule has 0 spiro atoms. The van der Waals surface area contributed by atoms with Crippen LogP contribution in [0.5, 0.6) is 5.75 Å². The van der Waals surface area contributed by atoms with Gasteiger partial charge in [0.15, 0.2) is 0 Å². The van der Waals surface area contributed by atoms with Crippen LogP contribution in [0.4, 0.5) is 4.79 Å². The Morgan fingerprint density at radius 2 is 1.16 bits per heavy atom. The van der Waals surface area contributed by atoms with Crippen molar-refractivity contribution >= 4 is 27.7 Å². The molecule has 6 aromatic carbocycles. The van der Waals surface area contributed by atoms with E-state index in [-0.39, 0.29) is 5.92 Å². The number of hydrogen-bond acceptors (Lipinski definition) is 8. The fourth-order valence-electron chi connectivity index (χ4n) is 7.10. The molecule has 3 atom stereocenters. The zero-order valence-corrected chi connectivity index (χ0v) is 32.5. The molecular weight excluding hydrogens is 703 g/mol. The Kier molecular flexibility index (Phi) is 12.9. The molecule has 56 heavy (non-hydrogen) atoms. The maximum atomic E-state index is 13.0. The average molecular weight is 754 g/mol. The molecule has 1 unspecified atom stereocenters. The smallest absolute Gasteiger partial charge is 0.494 e. The summed E-state index contributed by atoms with van der Waals surface area (Å²) in [5.74, 6) is 0.597. The highest BCUT2D eigenvalue weighted by atomic mass is 16.8. The summed E-state index contributed by atoms with van der Waals surface area (Å²) in [6, 6.07) is 47.7. The molecule has 1 aliphatic rings. The van der Waals surface area contributed by atoms with Crippen molar-refractivity contribution in [1.29, 1.82) is 0 Å². The van der Waals surface area contributed by atoms with Gasteiger partial charge < -0.3 is 28.5 Å². The van der Waals surface area contributed by atoms with Gasteiger partial charge in [0.05, 0.1) is 58.3 Å². The van der Waals surface area contributed by atoms with Crippen LogP contribution in [-0.4, -0.2) is 55.3 Å². The molecule has 8 heteroatoms. The third-order valence-corrected chi connectivity index (χ3v) is 9.80. The second-order valence-corrected chi connectivity index (χ2v) is 15.3. The number of nitrogens with zero attached hydrogens (tertiary/aromatic N) is 1. The molecule has 1 saturated heterocycles. The van der Waals surface area contributed by atoms with E-state index in [0.29, 0.717) is 46.1 Å². The van der Waals surface area contributed by atoms with E-state index in [9.17, 15) is 4.79 Å². The zero-order chi connectivity index (χ0) is 38.7. The van der Waals surface area contributed by atoms with Gasteiger partial charge in [-0.3, -0.25) is 0 Å². The van der Waals surface area contributed by atoms with E-state index in [4.69, 9.17) is 28.5 Å². The maximum absolute atomic E-state index is 13.0. The summed E-state index contributed by atoms with van der Waals surface area (Å²) < 4.78 is 31.1. The largest absolute Gasteiger partial charge is 0.528 e. The maximum Gasteiger partial charge on any atom is 0.528 e. The van der Waals surface area contributed by atoms with Gasteiger partial charge in [-0.25, -0.2) is 4.79 Å². The Morgan fingerprint density at radius 1 is 0.607 bits per heavy atom. The zero-order valence-electron chi connectivity index (χ0n) is 32.5. The lowest BCUT2D eigenvalue weighted by atomic mass is 9.85. The lowest BCUT2D eigenvalue weighted by Gasteiger charge is -2.42. The summed E-state index contributed by atoms with van der Waals surface area (Å²) in [5, 5.41) is 6.27. The van der Waals surface area contributed by atoms with E-state index in [1.165, 1.54) is 10.8 Å². The van der Waals surface area contributed by atoms with Crippen LogP contribution in [0, 0.1) is 0 Å². The van der Waals surface area contributed by atoms with Gasteiger partial charge in [0.1, 0.15) is 11.4 Å². The van der Waals surface area contributed by atoms with Crippen molar-refractivity contribution in [2.45, 2.75) is 70.7 Å². The molecular formula is C48H51NO7. The van der Waals surface area contributed by atoms with Crippen molar-refractivity contribution in [2.24, 2.45) is 0 Å². The van der Waals surface area contributed by atoms with Crippen molar-refractivity contribution in [3.8, 4) is 5.75 Å². The van der Waals surface area contributed by atoms with E-state index in [2.05, 4.69) is 84.9 Å². The van der Waals surface area contributed by atoms with Gasteiger partial charge in [0.25, 0.3) is 0 Å². The Balaban J connectivity index is 1.09. The first-order valence-electron chi connectivity index (χ1n) is 19.4. The second kappa shape index (κ2) is 18.6. The van der Waals surface area contributed by atoms with E-state index in [0.717, 1.165) is 45.2 Å². The summed E-state index contributed by atoms with van der Waals surface area (Å²) in [7, 11) is 0. The van der Waals surface area contributed by atoms with E-state index < -0.39 is 24.0 Å². The molecule has 0 bridgehead atoms. The Hall–Kier alpha value is -5.25. The van der Waals surface area contributed by atoms with Crippen LogP contribution in [0.25, 0.3) is 21.5 Å². The minimum atomic E-state index is -0.760. The average Bonchev–Trinajstić information content (AvgIpc) is 3.20. The highest BCUT2D eigenvalue weighted by molar-refractivity contribution is 5.83. The van der Waals surface area contributed by atoms with Gasteiger partial charge in [-0.15, -0.1) is 5.06 Å². The minimum Gasteiger partial charge on any atom is -0.494 e. The topological polar surface area (TPSA) is 75.7 Å². The molecule has 290 valence electrons. The van der Waals surface area contributed by atoms with Gasteiger partial charge in [-0.05, 0) is 88.8 Å². The molecule has 0 amide bonds. The number of hydrogen-bond donors (Lipinski definition) is 0. The summed E-state index contributed by atoms with van der Waals surface area (Å²) in [5.41, 5.74) is 3.61. The van der Waals surface area contributed by atoms with Gasteiger partial charge in [-0.1, -0.05) is 115 Å². The lowest BCUT2D eigenvalue weighted by molar-refractivity contribution is -0.209. The highest BCUT2D eigenvalue weighted by Gasteiger charge is 2.41. The van der Waals surface area contributed by atoms with Gasteiger partial charge >= 0.3 is 6.16 Å². The number of carbonyl (C=O) groups excluding carboxylic acids is 1. The predicted molar refractivity (Wildman–Crippen MR) is 219 cm³/mol. The van der Waals surface area contributed by atoms with Gasteiger partial charge in [-0.2, -0.15) is 0 Å². The third-order valence-electron chi connectivity index (χ3n) is 9.80. The van der Waals surface area contributed by atoms with Crippen LogP contribution >= 0.6 is 0 Å².